The van der Waals surface area contributed by atoms with Crippen molar-refractivity contribution in [1.82, 2.24) is 14.5 Å². The van der Waals surface area contributed by atoms with E-state index in [-0.39, 0.29) is 17.9 Å². The van der Waals surface area contributed by atoms with E-state index < -0.39 is 0 Å². The number of nitrogens with zero attached hydrogens (tertiary/aromatic N) is 3. The van der Waals surface area contributed by atoms with Gasteiger partial charge in [-0.1, -0.05) is 6.42 Å². The summed E-state index contributed by atoms with van der Waals surface area (Å²) in [5.74, 6) is 1.25. The summed E-state index contributed by atoms with van der Waals surface area (Å²) in [7, 11) is 3.85. The van der Waals surface area contributed by atoms with Crippen molar-refractivity contribution in [3.8, 4) is 0 Å². The van der Waals surface area contributed by atoms with E-state index >= 15 is 0 Å². The zero-order valence-corrected chi connectivity index (χ0v) is 12.5. The molecule has 2 rings (SSSR count). The summed E-state index contributed by atoms with van der Waals surface area (Å²) in [6.07, 6.45) is 8.59. The number of aliphatic hydroxyl groups excluding tert-OH is 1. The monoisotopic (exact) mass is 279 g/mol. The van der Waals surface area contributed by atoms with Gasteiger partial charge in [0, 0.05) is 45.4 Å². The Hall–Kier alpha value is -1.36. The van der Waals surface area contributed by atoms with Crippen LogP contribution in [0.15, 0.2) is 12.4 Å². The lowest BCUT2D eigenvalue weighted by Crippen LogP contribution is -2.37. The fraction of sp³-hybridized carbons (Fsp3) is 0.733. The molecule has 0 aliphatic heterocycles. The van der Waals surface area contributed by atoms with Crippen molar-refractivity contribution in [2.75, 3.05) is 13.6 Å². The summed E-state index contributed by atoms with van der Waals surface area (Å²) in [6.45, 7) is 0.748. The third kappa shape index (κ3) is 3.82. The Bertz CT molecular complexity index is 444. The minimum atomic E-state index is -0.293. The predicted molar refractivity (Wildman–Crippen MR) is 77.1 cm³/mol. The molecule has 1 aliphatic carbocycles. The average Bonchev–Trinajstić information content (AvgIpc) is 2.83. The van der Waals surface area contributed by atoms with Gasteiger partial charge in [0.1, 0.15) is 5.82 Å². The number of carbonyl (C=O) groups excluding carboxylic acids is 1. The van der Waals surface area contributed by atoms with Crippen LogP contribution in [0.4, 0.5) is 0 Å². The largest absolute Gasteiger partial charge is 0.393 e. The molecule has 1 saturated carbocycles. The third-order valence-electron chi connectivity index (χ3n) is 4.19. The van der Waals surface area contributed by atoms with Crippen LogP contribution in [0.5, 0.6) is 0 Å². The summed E-state index contributed by atoms with van der Waals surface area (Å²) < 4.78 is 2.01. The molecule has 0 radical (unpaired) electrons. The summed E-state index contributed by atoms with van der Waals surface area (Å²) in [6, 6.07) is 0. The first-order valence-corrected chi connectivity index (χ1v) is 7.47. The van der Waals surface area contributed by atoms with Crippen LogP contribution < -0.4 is 0 Å². The Kier molecular flexibility index (Phi) is 5.17. The summed E-state index contributed by atoms with van der Waals surface area (Å²) >= 11 is 0. The molecule has 0 saturated heterocycles. The third-order valence-corrected chi connectivity index (χ3v) is 4.19. The van der Waals surface area contributed by atoms with Gasteiger partial charge in [-0.3, -0.25) is 4.79 Å². The number of hydrogen-bond donors (Lipinski definition) is 1. The number of rotatable bonds is 5. The molecule has 0 bridgehead atoms. The molecule has 0 spiro atoms. The highest BCUT2D eigenvalue weighted by Gasteiger charge is 2.27. The SMILES string of the molecule is CN(CCCc1nccn1C)C(=O)[C@H]1CCC[C@@H](O)C1. The van der Waals surface area contributed by atoms with Crippen LogP contribution in [0.1, 0.15) is 37.9 Å². The number of amides is 1. The van der Waals surface area contributed by atoms with E-state index in [2.05, 4.69) is 4.98 Å². The van der Waals surface area contributed by atoms with Crippen LogP contribution in [-0.4, -0.2) is 45.2 Å². The second-order valence-corrected chi connectivity index (χ2v) is 5.84. The Balaban J connectivity index is 1.75. The maximum atomic E-state index is 12.3. The first kappa shape index (κ1) is 15.0. The maximum absolute atomic E-state index is 12.3. The molecule has 2 atom stereocenters. The summed E-state index contributed by atoms with van der Waals surface area (Å²) in [5.41, 5.74) is 0. The lowest BCUT2D eigenvalue weighted by Gasteiger charge is -2.28. The van der Waals surface area contributed by atoms with Crippen LogP contribution >= 0.6 is 0 Å². The highest BCUT2D eigenvalue weighted by atomic mass is 16.3. The number of aromatic nitrogens is 2. The van der Waals surface area contributed by atoms with E-state index in [0.717, 1.165) is 44.5 Å². The second-order valence-electron chi connectivity index (χ2n) is 5.84. The molecular weight excluding hydrogens is 254 g/mol. The van der Waals surface area contributed by atoms with Gasteiger partial charge in [0.15, 0.2) is 0 Å². The molecule has 112 valence electrons. The lowest BCUT2D eigenvalue weighted by atomic mass is 9.86. The van der Waals surface area contributed by atoms with E-state index in [9.17, 15) is 9.90 Å². The Morgan fingerprint density at radius 1 is 1.55 bits per heavy atom. The molecule has 1 heterocycles. The van der Waals surface area contributed by atoms with Crippen molar-refractivity contribution in [2.24, 2.45) is 13.0 Å². The van der Waals surface area contributed by atoms with Gasteiger partial charge in [0.2, 0.25) is 5.91 Å². The topological polar surface area (TPSA) is 58.4 Å². The van der Waals surface area contributed by atoms with Crippen LogP contribution in [0.25, 0.3) is 0 Å². The molecular formula is C15H25N3O2. The molecule has 1 aromatic rings. The Morgan fingerprint density at radius 2 is 2.35 bits per heavy atom. The van der Waals surface area contributed by atoms with Crippen molar-refractivity contribution < 1.29 is 9.90 Å². The van der Waals surface area contributed by atoms with Gasteiger partial charge in [0.05, 0.1) is 6.10 Å². The fourth-order valence-corrected chi connectivity index (χ4v) is 2.92. The van der Waals surface area contributed by atoms with Gasteiger partial charge in [0.25, 0.3) is 0 Å². The van der Waals surface area contributed by atoms with Crippen LogP contribution in [-0.2, 0) is 18.3 Å². The number of aliphatic hydroxyl groups is 1. The molecule has 1 fully saturated rings. The van der Waals surface area contributed by atoms with E-state index in [1.165, 1.54) is 0 Å². The maximum Gasteiger partial charge on any atom is 0.225 e. The first-order valence-electron chi connectivity index (χ1n) is 7.47. The van der Waals surface area contributed by atoms with Gasteiger partial charge >= 0.3 is 0 Å². The quantitative estimate of drug-likeness (QED) is 0.885. The lowest BCUT2D eigenvalue weighted by molar-refractivity contribution is -0.136. The van der Waals surface area contributed by atoms with E-state index in [4.69, 9.17) is 0 Å². The zero-order valence-electron chi connectivity index (χ0n) is 12.5. The molecule has 5 heteroatoms. The van der Waals surface area contributed by atoms with Gasteiger partial charge < -0.3 is 14.6 Å². The normalized spacial score (nSPS) is 22.8. The minimum Gasteiger partial charge on any atom is -0.393 e. The minimum absolute atomic E-state index is 0.0110. The Labute approximate surface area is 120 Å². The van der Waals surface area contributed by atoms with Crippen LogP contribution in [0, 0.1) is 5.92 Å². The zero-order chi connectivity index (χ0) is 14.5. The molecule has 0 aromatic carbocycles. The van der Waals surface area contributed by atoms with E-state index in [1.54, 1.807) is 6.20 Å². The van der Waals surface area contributed by atoms with Gasteiger partial charge in [-0.15, -0.1) is 0 Å². The summed E-state index contributed by atoms with van der Waals surface area (Å²) in [4.78, 5) is 18.4. The van der Waals surface area contributed by atoms with Gasteiger partial charge in [-0.25, -0.2) is 4.98 Å². The molecule has 1 N–H and O–H groups in total. The van der Waals surface area contributed by atoms with Crippen molar-refractivity contribution in [1.29, 1.82) is 0 Å². The van der Waals surface area contributed by atoms with Gasteiger partial charge in [-0.2, -0.15) is 0 Å². The average molecular weight is 279 g/mol. The highest BCUT2D eigenvalue weighted by Crippen LogP contribution is 2.25. The van der Waals surface area contributed by atoms with Crippen molar-refractivity contribution in [2.45, 2.75) is 44.6 Å². The second kappa shape index (κ2) is 6.88. The smallest absolute Gasteiger partial charge is 0.225 e. The van der Waals surface area contributed by atoms with E-state index in [0.29, 0.717) is 6.42 Å². The number of imidazole rings is 1. The van der Waals surface area contributed by atoms with E-state index in [1.807, 2.05) is 29.8 Å². The van der Waals surface area contributed by atoms with Crippen molar-refractivity contribution in [3.05, 3.63) is 18.2 Å². The molecule has 20 heavy (non-hydrogen) atoms. The van der Waals surface area contributed by atoms with Crippen LogP contribution in [0.2, 0.25) is 0 Å². The highest BCUT2D eigenvalue weighted by molar-refractivity contribution is 5.78. The Morgan fingerprint density at radius 3 is 3.00 bits per heavy atom. The van der Waals surface area contributed by atoms with Crippen molar-refractivity contribution in [3.63, 3.8) is 0 Å². The fourth-order valence-electron chi connectivity index (χ4n) is 2.92. The number of carbonyl (C=O) groups is 1. The van der Waals surface area contributed by atoms with Gasteiger partial charge in [-0.05, 0) is 25.7 Å². The van der Waals surface area contributed by atoms with Crippen molar-refractivity contribution >= 4 is 5.91 Å². The first-order chi connectivity index (χ1) is 9.58. The van der Waals surface area contributed by atoms with Crippen LogP contribution in [0.3, 0.4) is 0 Å². The molecule has 5 nitrogen and oxygen atoms in total. The standard InChI is InChI=1S/C15H25N3O2/c1-17-10-8-16-14(17)7-4-9-18(2)15(20)12-5-3-6-13(19)11-12/h8,10,12-13,19H,3-7,9,11H2,1-2H3/t12-,13+/m0/s1. The number of aryl methyl sites for hydroxylation is 2. The summed E-state index contributed by atoms with van der Waals surface area (Å²) in [5, 5.41) is 9.66. The molecule has 0 unspecified atom stereocenters. The number of hydrogen-bond acceptors (Lipinski definition) is 3. The predicted octanol–water partition coefficient (Wildman–Crippen LogP) is 1.36. The molecule has 1 aliphatic rings. The molecule has 1 amide bonds. The molecule has 1 aromatic heterocycles.